The van der Waals surface area contributed by atoms with Gasteiger partial charge in [0.05, 0.1) is 17.6 Å². The maximum atomic E-state index is 12.6. The molecular weight excluding hydrogens is 438 g/mol. The first kappa shape index (κ1) is 25.1. The molecule has 1 heterocycles. The zero-order valence-corrected chi connectivity index (χ0v) is 21.0. The highest BCUT2D eigenvalue weighted by Gasteiger charge is 2.26. The van der Waals surface area contributed by atoms with Gasteiger partial charge in [0, 0.05) is 12.1 Å². The standard InChI is InChI=1S/C25H35N3O4S/c1-6-31-21-13-18(11-12-20(21)32-15-23(29)28(16(2)3)17(4)5)14-22-24(30)27-25(33-22)26-19-9-7-8-10-19/h11-14,16-17,19H,6-10,15H2,1-5H3,(H,26,27,30)/b22-14-. The van der Waals surface area contributed by atoms with Crippen molar-refractivity contribution in [3.63, 3.8) is 0 Å². The molecule has 0 unspecified atom stereocenters. The van der Waals surface area contributed by atoms with Gasteiger partial charge in [0.2, 0.25) is 0 Å². The fraction of sp³-hybridized carbons (Fsp3) is 0.560. The van der Waals surface area contributed by atoms with Gasteiger partial charge in [-0.1, -0.05) is 18.9 Å². The normalized spacial score (nSPS) is 19.1. The molecule has 1 saturated carbocycles. The fourth-order valence-electron chi connectivity index (χ4n) is 4.23. The van der Waals surface area contributed by atoms with Gasteiger partial charge in [-0.15, -0.1) is 0 Å². The Kier molecular flexibility index (Phi) is 8.83. The van der Waals surface area contributed by atoms with E-state index in [2.05, 4.69) is 10.3 Å². The van der Waals surface area contributed by atoms with Gasteiger partial charge in [0.15, 0.2) is 23.3 Å². The minimum atomic E-state index is -0.136. The molecule has 0 bridgehead atoms. The van der Waals surface area contributed by atoms with Crippen molar-refractivity contribution in [2.75, 3.05) is 13.2 Å². The predicted octanol–water partition coefficient (Wildman–Crippen LogP) is 4.61. The van der Waals surface area contributed by atoms with Crippen LogP contribution < -0.4 is 14.8 Å². The van der Waals surface area contributed by atoms with Crippen LogP contribution in [-0.2, 0) is 9.59 Å². The number of carbonyl (C=O) groups is 2. The van der Waals surface area contributed by atoms with Crippen LogP contribution in [0.1, 0.15) is 65.9 Å². The lowest BCUT2D eigenvalue weighted by molar-refractivity contribution is -0.137. The number of hydrogen-bond acceptors (Lipinski definition) is 6. The van der Waals surface area contributed by atoms with E-state index in [9.17, 15) is 9.59 Å². The average molecular weight is 474 g/mol. The third kappa shape index (κ3) is 6.76. The molecule has 3 rings (SSSR count). The SMILES string of the molecule is CCOc1cc(/C=C2\SC(=NC3CCCC3)NC2=O)ccc1OCC(=O)N(C(C)C)C(C)C. The molecule has 2 aliphatic rings. The van der Waals surface area contributed by atoms with Crippen molar-refractivity contribution in [3.05, 3.63) is 28.7 Å². The molecule has 1 saturated heterocycles. The molecule has 8 heteroatoms. The molecule has 1 aliphatic heterocycles. The van der Waals surface area contributed by atoms with Crippen LogP contribution in [0.15, 0.2) is 28.1 Å². The number of carbonyl (C=O) groups excluding carboxylic acids is 2. The molecule has 2 fully saturated rings. The number of amidine groups is 1. The number of aliphatic imine (C=N–C) groups is 1. The van der Waals surface area contributed by atoms with Crippen LogP contribution in [0, 0.1) is 0 Å². The summed E-state index contributed by atoms with van der Waals surface area (Å²) in [5, 5.41) is 3.55. The molecule has 1 aromatic carbocycles. The smallest absolute Gasteiger partial charge is 0.264 e. The van der Waals surface area contributed by atoms with Crippen LogP contribution >= 0.6 is 11.8 Å². The van der Waals surface area contributed by atoms with E-state index in [-0.39, 0.29) is 30.5 Å². The van der Waals surface area contributed by atoms with Crippen molar-refractivity contribution in [3.8, 4) is 11.5 Å². The molecule has 7 nitrogen and oxygen atoms in total. The Morgan fingerprint density at radius 3 is 2.52 bits per heavy atom. The summed E-state index contributed by atoms with van der Waals surface area (Å²) in [4.78, 5) is 32.2. The maximum absolute atomic E-state index is 12.6. The third-order valence-corrected chi connectivity index (χ3v) is 6.52. The number of amides is 2. The summed E-state index contributed by atoms with van der Waals surface area (Å²) in [5.74, 6) is 0.847. The van der Waals surface area contributed by atoms with Gasteiger partial charge < -0.3 is 19.7 Å². The zero-order chi connectivity index (χ0) is 24.0. The minimum Gasteiger partial charge on any atom is -0.490 e. The van der Waals surface area contributed by atoms with Crippen LogP contribution in [0.3, 0.4) is 0 Å². The van der Waals surface area contributed by atoms with Gasteiger partial charge in [-0.3, -0.25) is 14.6 Å². The lowest BCUT2D eigenvalue weighted by Gasteiger charge is -2.30. The number of ether oxygens (including phenoxy) is 2. The summed E-state index contributed by atoms with van der Waals surface area (Å²) >= 11 is 1.37. The average Bonchev–Trinajstić information content (AvgIpc) is 3.37. The number of benzene rings is 1. The molecule has 2 amide bonds. The minimum absolute atomic E-state index is 0.0594. The molecule has 0 atom stereocenters. The Hall–Kier alpha value is -2.48. The summed E-state index contributed by atoms with van der Waals surface area (Å²) in [7, 11) is 0. The van der Waals surface area contributed by atoms with E-state index in [1.165, 1.54) is 24.6 Å². The largest absolute Gasteiger partial charge is 0.490 e. The van der Waals surface area contributed by atoms with Crippen LogP contribution in [0.4, 0.5) is 0 Å². The first-order valence-corrected chi connectivity index (χ1v) is 12.6. The summed E-state index contributed by atoms with van der Waals surface area (Å²) in [6, 6.07) is 5.98. The Morgan fingerprint density at radius 2 is 1.88 bits per heavy atom. The molecule has 33 heavy (non-hydrogen) atoms. The van der Waals surface area contributed by atoms with Gasteiger partial charge in [0.25, 0.3) is 11.8 Å². The van der Waals surface area contributed by atoms with Crippen molar-refractivity contribution in [1.29, 1.82) is 0 Å². The molecule has 180 valence electrons. The van der Waals surface area contributed by atoms with Gasteiger partial charge in [-0.05, 0) is 83.0 Å². The number of thioether (sulfide) groups is 1. The van der Waals surface area contributed by atoms with Crippen molar-refractivity contribution >= 4 is 34.8 Å². The summed E-state index contributed by atoms with van der Waals surface area (Å²) < 4.78 is 11.6. The lowest BCUT2D eigenvalue weighted by atomic mass is 10.2. The predicted molar refractivity (Wildman–Crippen MR) is 134 cm³/mol. The van der Waals surface area contributed by atoms with E-state index in [1.54, 1.807) is 11.0 Å². The number of rotatable bonds is 9. The van der Waals surface area contributed by atoms with E-state index >= 15 is 0 Å². The lowest BCUT2D eigenvalue weighted by Crippen LogP contribution is -2.44. The number of hydrogen-bond donors (Lipinski definition) is 1. The van der Waals surface area contributed by atoms with E-state index in [0.717, 1.165) is 18.4 Å². The molecule has 1 aliphatic carbocycles. The Morgan fingerprint density at radius 1 is 1.18 bits per heavy atom. The number of nitrogens with one attached hydrogen (secondary N) is 1. The van der Waals surface area contributed by atoms with E-state index < -0.39 is 0 Å². The van der Waals surface area contributed by atoms with Crippen molar-refractivity contribution in [2.45, 2.75) is 78.4 Å². The van der Waals surface area contributed by atoms with Crippen LogP contribution in [0.2, 0.25) is 0 Å². The van der Waals surface area contributed by atoms with Crippen molar-refractivity contribution in [1.82, 2.24) is 10.2 Å². The van der Waals surface area contributed by atoms with Gasteiger partial charge in [-0.25, -0.2) is 0 Å². The monoisotopic (exact) mass is 473 g/mol. The van der Waals surface area contributed by atoms with Gasteiger partial charge in [0.1, 0.15) is 0 Å². The Bertz CT molecular complexity index is 912. The highest BCUT2D eigenvalue weighted by Crippen LogP contribution is 2.33. The summed E-state index contributed by atoms with van der Waals surface area (Å²) in [6.07, 6.45) is 6.42. The van der Waals surface area contributed by atoms with Crippen molar-refractivity contribution in [2.24, 2.45) is 4.99 Å². The van der Waals surface area contributed by atoms with Crippen LogP contribution in [0.5, 0.6) is 11.5 Å². The van der Waals surface area contributed by atoms with Crippen molar-refractivity contribution < 1.29 is 19.1 Å². The molecule has 1 N–H and O–H groups in total. The third-order valence-electron chi connectivity index (χ3n) is 5.59. The Labute approximate surface area is 201 Å². The second-order valence-corrected chi connectivity index (χ2v) is 9.88. The molecule has 0 aromatic heterocycles. The molecule has 1 aromatic rings. The first-order chi connectivity index (χ1) is 15.8. The summed E-state index contributed by atoms with van der Waals surface area (Å²) in [5.41, 5.74) is 0.822. The second-order valence-electron chi connectivity index (χ2n) is 8.85. The Balaban J connectivity index is 1.71. The maximum Gasteiger partial charge on any atom is 0.264 e. The zero-order valence-electron chi connectivity index (χ0n) is 20.2. The van der Waals surface area contributed by atoms with E-state index in [1.807, 2.05) is 52.8 Å². The second kappa shape index (κ2) is 11.6. The van der Waals surface area contributed by atoms with Crippen LogP contribution in [0.25, 0.3) is 6.08 Å². The highest BCUT2D eigenvalue weighted by molar-refractivity contribution is 8.18. The number of nitrogens with zero attached hydrogens (tertiary/aromatic N) is 2. The van der Waals surface area contributed by atoms with Gasteiger partial charge >= 0.3 is 0 Å². The molecular formula is C25H35N3O4S. The summed E-state index contributed by atoms with van der Waals surface area (Å²) in [6.45, 7) is 10.3. The van der Waals surface area contributed by atoms with Crippen LogP contribution in [-0.4, -0.2) is 53.2 Å². The molecule has 0 radical (unpaired) electrons. The first-order valence-electron chi connectivity index (χ1n) is 11.8. The van der Waals surface area contributed by atoms with E-state index in [4.69, 9.17) is 9.47 Å². The topological polar surface area (TPSA) is 80.2 Å². The van der Waals surface area contributed by atoms with Gasteiger partial charge in [-0.2, -0.15) is 0 Å². The highest BCUT2D eigenvalue weighted by atomic mass is 32.2. The molecule has 0 spiro atoms. The quantitative estimate of drug-likeness (QED) is 0.530. The fourth-order valence-corrected chi connectivity index (χ4v) is 5.12. The van der Waals surface area contributed by atoms with E-state index in [0.29, 0.717) is 34.2 Å².